The van der Waals surface area contributed by atoms with E-state index in [9.17, 15) is 9.59 Å². The van der Waals surface area contributed by atoms with E-state index in [1.807, 2.05) is 25.1 Å². The van der Waals surface area contributed by atoms with Gasteiger partial charge in [-0.1, -0.05) is 24.6 Å². The lowest BCUT2D eigenvalue weighted by Crippen LogP contribution is -2.37. The zero-order valence-electron chi connectivity index (χ0n) is 14.6. The van der Waals surface area contributed by atoms with E-state index < -0.39 is 0 Å². The summed E-state index contributed by atoms with van der Waals surface area (Å²) in [7, 11) is 1.75. The first kappa shape index (κ1) is 18.9. The monoisotopic (exact) mass is 359 g/mol. The minimum absolute atomic E-state index is 0.0483. The molecule has 0 aliphatic carbocycles. The summed E-state index contributed by atoms with van der Waals surface area (Å²) in [5.41, 5.74) is 1.77. The average molecular weight is 360 g/mol. The van der Waals surface area contributed by atoms with Gasteiger partial charge in [0.15, 0.2) is 0 Å². The van der Waals surface area contributed by atoms with E-state index in [2.05, 4.69) is 10.3 Å². The Kier molecular flexibility index (Phi) is 6.53. The van der Waals surface area contributed by atoms with Crippen LogP contribution >= 0.6 is 11.6 Å². The number of hydrogen-bond donors (Lipinski definition) is 1. The summed E-state index contributed by atoms with van der Waals surface area (Å²) in [4.78, 5) is 30.6. The normalized spacial score (nSPS) is 11.7. The fraction of sp³-hybridized carbons (Fsp3) is 0.316. The van der Waals surface area contributed by atoms with Crippen LogP contribution in [0.5, 0.6) is 0 Å². The molecule has 5 nitrogen and oxygen atoms in total. The van der Waals surface area contributed by atoms with Gasteiger partial charge in [0.05, 0.1) is 11.3 Å². The van der Waals surface area contributed by atoms with Crippen molar-refractivity contribution in [2.45, 2.75) is 32.7 Å². The highest BCUT2D eigenvalue weighted by Crippen LogP contribution is 2.23. The molecule has 0 aliphatic rings. The fourth-order valence-corrected chi connectivity index (χ4v) is 2.57. The summed E-state index contributed by atoms with van der Waals surface area (Å²) in [6.07, 6.45) is 2.71. The maximum absolute atomic E-state index is 12.9. The third-order valence-electron chi connectivity index (χ3n) is 4.02. The molecule has 1 heterocycles. The summed E-state index contributed by atoms with van der Waals surface area (Å²) in [6.45, 7) is 3.72. The molecule has 0 spiro atoms. The number of carbonyl (C=O) groups excluding carboxylic acids is 2. The molecule has 1 unspecified atom stereocenters. The van der Waals surface area contributed by atoms with Gasteiger partial charge in [0.2, 0.25) is 5.91 Å². The number of benzene rings is 1. The van der Waals surface area contributed by atoms with Crippen molar-refractivity contribution in [3.63, 3.8) is 0 Å². The van der Waals surface area contributed by atoms with Gasteiger partial charge in [0, 0.05) is 42.8 Å². The lowest BCUT2D eigenvalue weighted by atomic mass is 10.1. The molecule has 1 atom stereocenters. The highest BCUT2D eigenvalue weighted by molar-refractivity contribution is 6.31. The number of pyridine rings is 1. The van der Waals surface area contributed by atoms with Crippen LogP contribution in [0.2, 0.25) is 5.02 Å². The van der Waals surface area contributed by atoms with Gasteiger partial charge in [-0.25, -0.2) is 0 Å². The largest absolute Gasteiger partial charge is 0.339 e. The van der Waals surface area contributed by atoms with Crippen LogP contribution < -0.4 is 5.32 Å². The van der Waals surface area contributed by atoms with Gasteiger partial charge in [0.1, 0.15) is 0 Å². The molecular weight excluding hydrogens is 338 g/mol. The Hall–Kier alpha value is -2.40. The number of anilines is 1. The van der Waals surface area contributed by atoms with Crippen molar-refractivity contribution in [1.29, 1.82) is 0 Å². The predicted molar refractivity (Wildman–Crippen MR) is 99.9 cm³/mol. The number of nitrogens with zero attached hydrogens (tertiary/aromatic N) is 2. The fourth-order valence-electron chi connectivity index (χ4n) is 2.39. The second kappa shape index (κ2) is 8.62. The Labute approximate surface area is 153 Å². The van der Waals surface area contributed by atoms with E-state index in [4.69, 9.17) is 11.6 Å². The Morgan fingerprint density at radius 2 is 2.04 bits per heavy atom. The molecule has 2 amide bonds. The number of nitrogens with one attached hydrogen (secondary N) is 1. The van der Waals surface area contributed by atoms with Crippen LogP contribution in [0.1, 0.15) is 36.3 Å². The summed E-state index contributed by atoms with van der Waals surface area (Å²) < 4.78 is 0. The van der Waals surface area contributed by atoms with Crippen LogP contribution in [0.25, 0.3) is 0 Å². The van der Waals surface area contributed by atoms with Crippen molar-refractivity contribution in [3.8, 4) is 0 Å². The Morgan fingerprint density at radius 1 is 1.28 bits per heavy atom. The van der Waals surface area contributed by atoms with Gasteiger partial charge in [-0.2, -0.15) is 0 Å². The van der Waals surface area contributed by atoms with Gasteiger partial charge in [-0.3, -0.25) is 14.6 Å². The van der Waals surface area contributed by atoms with E-state index in [0.717, 1.165) is 5.69 Å². The van der Waals surface area contributed by atoms with E-state index in [-0.39, 0.29) is 17.9 Å². The molecule has 25 heavy (non-hydrogen) atoms. The van der Waals surface area contributed by atoms with E-state index >= 15 is 0 Å². The number of hydrogen-bond acceptors (Lipinski definition) is 3. The minimum atomic E-state index is -0.175. The van der Waals surface area contributed by atoms with Crippen molar-refractivity contribution >= 4 is 29.1 Å². The molecule has 0 fully saturated rings. The maximum Gasteiger partial charge on any atom is 0.255 e. The van der Waals surface area contributed by atoms with Crippen LogP contribution in [0.4, 0.5) is 5.69 Å². The summed E-state index contributed by atoms with van der Waals surface area (Å²) in [5, 5.41) is 3.21. The predicted octanol–water partition coefficient (Wildman–Crippen LogP) is 3.79. The van der Waals surface area contributed by atoms with Crippen LogP contribution in [0.15, 0.2) is 42.6 Å². The Bertz CT molecular complexity index is 750. The molecule has 2 rings (SSSR count). The molecule has 1 aromatic heterocycles. The lowest BCUT2D eigenvalue weighted by molar-refractivity contribution is -0.115. The molecular formula is C19H22ClN3O2. The zero-order chi connectivity index (χ0) is 18.4. The van der Waals surface area contributed by atoms with Crippen LogP contribution in [-0.2, 0) is 11.2 Å². The first-order chi connectivity index (χ1) is 11.9. The third-order valence-corrected chi connectivity index (χ3v) is 4.25. The number of likely N-dealkylation sites (N-methyl/N-ethyl adjacent to an activating group) is 1. The van der Waals surface area contributed by atoms with E-state index in [0.29, 0.717) is 29.1 Å². The van der Waals surface area contributed by atoms with E-state index in [1.54, 1.807) is 43.3 Å². The topological polar surface area (TPSA) is 62.3 Å². The number of rotatable bonds is 6. The quantitative estimate of drug-likeness (QED) is 0.853. The van der Waals surface area contributed by atoms with Gasteiger partial charge < -0.3 is 10.2 Å². The van der Waals surface area contributed by atoms with Crippen LogP contribution in [0, 0.1) is 0 Å². The van der Waals surface area contributed by atoms with Gasteiger partial charge >= 0.3 is 0 Å². The molecule has 0 saturated carbocycles. The highest BCUT2D eigenvalue weighted by Gasteiger charge is 2.21. The summed E-state index contributed by atoms with van der Waals surface area (Å²) in [5.74, 6) is -0.341. The van der Waals surface area contributed by atoms with Crippen molar-refractivity contribution in [2.24, 2.45) is 0 Å². The molecule has 0 bridgehead atoms. The van der Waals surface area contributed by atoms with Gasteiger partial charge in [0.25, 0.3) is 5.91 Å². The smallest absolute Gasteiger partial charge is 0.255 e. The van der Waals surface area contributed by atoms with Gasteiger partial charge in [-0.05, 0) is 37.3 Å². The molecule has 2 aromatic rings. The zero-order valence-corrected chi connectivity index (χ0v) is 15.4. The summed E-state index contributed by atoms with van der Waals surface area (Å²) in [6, 6.07) is 10.6. The van der Waals surface area contributed by atoms with Crippen molar-refractivity contribution in [1.82, 2.24) is 9.88 Å². The number of aromatic nitrogens is 1. The Balaban J connectivity index is 2.19. The molecule has 1 aromatic carbocycles. The SMILES string of the molecule is CCC(=O)Nc1cc(Cl)ccc1C(=O)N(C)C(C)Cc1ccccn1. The molecule has 132 valence electrons. The molecule has 1 N–H and O–H groups in total. The van der Waals surface area contributed by atoms with Gasteiger partial charge in [-0.15, -0.1) is 0 Å². The highest BCUT2D eigenvalue weighted by atomic mass is 35.5. The summed E-state index contributed by atoms with van der Waals surface area (Å²) >= 11 is 6.01. The van der Waals surface area contributed by atoms with Crippen molar-refractivity contribution in [3.05, 3.63) is 58.9 Å². The minimum Gasteiger partial charge on any atom is -0.339 e. The second-order valence-corrected chi connectivity index (χ2v) is 6.32. The Morgan fingerprint density at radius 3 is 2.68 bits per heavy atom. The first-order valence-corrected chi connectivity index (χ1v) is 8.56. The first-order valence-electron chi connectivity index (χ1n) is 8.18. The van der Waals surface area contributed by atoms with Crippen LogP contribution in [-0.4, -0.2) is 34.8 Å². The number of halogens is 1. The standard InChI is InChI=1S/C19H22ClN3O2/c1-4-18(24)22-17-12-14(20)8-9-16(17)19(25)23(3)13(2)11-15-7-5-6-10-21-15/h5-10,12-13H,4,11H2,1-3H3,(H,22,24). The third kappa shape index (κ3) is 5.03. The number of carbonyl (C=O) groups is 2. The average Bonchev–Trinajstić information content (AvgIpc) is 2.61. The van der Waals surface area contributed by atoms with E-state index in [1.165, 1.54) is 0 Å². The number of amides is 2. The molecule has 6 heteroatoms. The molecule has 0 radical (unpaired) electrons. The molecule has 0 saturated heterocycles. The van der Waals surface area contributed by atoms with Crippen LogP contribution in [0.3, 0.4) is 0 Å². The van der Waals surface area contributed by atoms with Crippen molar-refractivity contribution in [2.75, 3.05) is 12.4 Å². The second-order valence-electron chi connectivity index (χ2n) is 5.88. The lowest BCUT2D eigenvalue weighted by Gasteiger charge is -2.26. The maximum atomic E-state index is 12.9. The van der Waals surface area contributed by atoms with Crippen molar-refractivity contribution < 1.29 is 9.59 Å². The molecule has 0 aliphatic heterocycles.